The van der Waals surface area contributed by atoms with Crippen molar-refractivity contribution in [2.24, 2.45) is 0 Å². The molecule has 11 nitrogen and oxygen atoms in total. The van der Waals surface area contributed by atoms with Crippen LogP contribution in [0.1, 0.15) is 11.4 Å². The van der Waals surface area contributed by atoms with E-state index >= 15 is 0 Å². The van der Waals surface area contributed by atoms with Gasteiger partial charge in [-0.05, 0) is 50.0 Å². The highest BCUT2D eigenvalue weighted by Crippen LogP contribution is 2.27. The predicted octanol–water partition coefficient (Wildman–Crippen LogP) is 2.99. The van der Waals surface area contributed by atoms with Crippen LogP contribution in [-0.4, -0.2) is 87.7 Å². The lowest BCUT2D eigenvalue weighted by molar-refractivity contribution is 0.146. The highest BCUT2D eigenvalue weighted by molar-refractivity contribution is 7.76. The normalized spacial score (nSPS) is 15.9. The molecule has 1 fully saturated rings. The first-order valence-corrected chi connectivity index (χ1v) is 13.9. The minimum Gasteiger partial charge on any atom is -0.760 e. The van der Waals surface area contributed by atoms with E-state index < -0.39 is 11.3 Å². The van der Waals surface area contributed by atoms with Crippen molar-refractivity contribution in [2.75, 3.05) is 45.6 Å². The van der Waals surface area contributed by atoms with Gasteiger partial charge in [0.25, 0.3) is 0 Å². The van der Waals surface area contributed by atoms with Gasteiger partial charge in [0.05, 0.1) is 35.0 Å². The van der Waals surface area contributed by atoms with Gasteiger partial charge in [-0.15, -0.1) is 5.10 Å². The van der Waals surface area contributed by atoms with Crippen molar-refractivity contribution in [3.05, 3.63) is 72.2 Å². The van der Waals surface area contributed by atoms with Crippen LogP contribution < -0.4 is 5.32 Å². The Morgan fingerprint density at radius 1 is 1.10 bits per heavy atom. The zero-order chi connectivity index (χ0) is 26.9. The number of nitrogens with one attached hydrogen (secondary N) is 2. The summed E-state index contributed by atoms with van der Waals surface area (Å²) >= 11 is -2.30. The third-order valence-corrected chi connectivity index (χ3v) is 7.73. The smallest absolute Gasteiger partial charge is 0.245 e. The molecule has 1 unspecified atom stereocenters. The monoisotopic (exact) mass is 544 g/mol. The molecule has 6 rings (SSSR count). The lowest BCUT2D eigenvalue weighted by Gasteiger charge is -2.31. The number of benzene rings is 2. The second kappa shape index (κ2) is 10.8. The zero-order valence-electron chi connectivity index (χ0n) is 21.9. The van der Waals surface area contributed by atoms with E-state index in [4.69, 9.17) is 10.1 Å². The Hall–Kier alpha value is -3.68. The Kier molecular flexibility index (Phi) is 7.11. The maximum absolute atomic E-state index is 11.4. The summed E-state index contributed by atoms with van der Waals surface area (Å²) in [5.41, 5.74) is 6.22. The van der Waals surface area contributed by atoms with Crippen molar-refractivity contribution in [3.8, 4) is 11.3 Å². The Labute approximate surface area is 228 Å². The largest absolute Gasteiger partial charge is 0.760 e. The molecule has 3 aromatic heterocycles. The molecule has 12 heteroatoms. The summed E-state index contributed by atoms with van der Waals surface area (Å²) in [6.07, 6.45) is 1.77. The van der Waals surface area contributed by atoms with E-state index in [2.05, 4.69) is 32.1 Å². The molecular formula is C27H30N9O2S-. The van der Waals surface area contributed by atoms with E-state index in [-0.39, 0.29) is 6.54 Å². The number of fused-ring (bicyclic) bond motifs is 2. The molecule has 5 aromatic rings. The molecule has 2 N–H and O–H groups in total. The summed E-state index contributed by atoms with van der Waals surface area (Å²) < 4.78 is 25.9. The minimum atomic E-state index is -2.30. The topological polar surface area (TPSA) is 121 Å². The maximum Gasteiger partial charge on any atom is 0.245 e. The summed E-state index contributed by atoms with van der Waals surface area (Å²) in [6, 6.07) is 17.6. The second-order valence-electron chi connectivity index (χ2n) is 9.92. The Morgan fingerprint density at radius 2 is 1.92 bits per heavy atom. The molecule has 202 valence electrons. The van der Waals surface area contributed by atoms with E-state index in [1.807, 2.05) is 59.1 Å². The van der Waals surface area contributed by atoms with Gasteiger partial charge in [-0.1, -0.05) is 24.3 Å². The first-order valence-electron chi connectivity index (χ1n) is 12.8. The first kappa shape index (κ1) is 25.6. The maximum atomic E-state index is 11.4. The second-order valence-corrected chi connectivity index (χ2v) is 11.0. The number of hydrogen-bond acceptors (Lipinski definition) is 8. The van der Waals surface area contributed by atoms with Gasteiger partial charge in [0.1, 0.15) is 5.82 Å². The average Bonchev–Trinajstić information content (AvgIpc) is 3.53. The Bertz CT molecular complexity index is 1640. The number of H-pyrrole nitrogens is 1. The number of piperazine rings is 1. The standard InChI is InChI=1S/C27H31N9O2S/c1-33-11-13-35(14-12-33)18-26-30-23-9-7-20(15-24(23)31-26)29-27-28-16-21-8-10-25(36(21)32-27)22-6-4-3-5-19(22)17-34(2)39(37)38/h3-10,15-16H,11-14,17-18H2,1-2H3,(H,29,32)(H,30,31)(H,37,38)/p-1. The summed E-state index contributed by atoms with van der Waals surface area (Å²) in [5, 5.41) is 8.07. The molecule has 1 atom stereocenters. The minimum absolute atomic E-state index is 0.261. The molecule has 1 aliphatic rings. The highest BCUT2D eigenvalue weighted by Gasteiger charge is 2.16. The summed E-state index contributed by atoms with van der Waals surface area (Å²) in [4.78, 5) is 17.5. The average molecular weight is 545 g/mol. The van der Waals surface area contributed by atoms with Crippen LogP contribution in [0, 0.1) is 0 Å². The first-order chi connectivity index (χ1) is 18.9. The molecule has 0 radical (unpaired) electrons. The Balaban J connectivity index is 1.24. The fourth-order valence-corrected chi connectivity index (χ4v) is 5.17. The van der Waals surface area contributed by atoms with Crippen molar-refractivity contribution < 1.29 is 8.76 Å². The molecule has 0 saturated carbocycles. The van der Waals surface area contributed by atoms with Gasteiger partial charge < -0.3 is 19.8 Å². The lowest BCUT2D eigenvalue weighted by atomic mass is 10.0. The van der Waals surface area contributed by atoms with E-state index in [0.29, 0.717) is 5.95 Å². The summed E-state index contributed by atoms with van der Waals surface area (Å²) in [5.74, 6) is 1.42. The van der Waals surface area contributed by atoms with Crippen molar-refractivity contribution in [1.82, 2.24) is 38.7 Å². The number of anilines is 2. The molecule has 0 bridgehead atoms. The third kappa shape index (κ3) is 5.56. The van der Waals surface area contributed by atoms with Crippen molar-refractivity contribution in [1.29, 1.82) is 0 Å². The van der Waals surface area contributed by atoms with Crippen molar-refractivity contribution in [3.63, 3.8) is 0 Å². The van der Waals surface area contributed by atoms with Crippen LogP contribution in [-0.2, 0) is 24.4 Å². The SMILES string of the molecule is CN1CCN(Cc2nc3ccc(Nc4ncc5ccc(-c6ccccc6CN(C)S(=O)[O-])n5n4)cc3[nH]2)CC1. The van der Waals surface area contributed by atoms with Gasteiger partial charge in [-0.2, -0.15) is 0 Å². The van der Waals surface area contributed by atoms with E-state index in [1.54, 1.807) is 13.2 Å². The number of imidazole rings is 1. The molecule has 2 aromatic carbocycles. The van der Waals surface area contributed by atoms with Crippen molar-refractivity contribution >= 4 is 39.5 Å². The molecule has 1 aliphatic heterocycles. The number of hydrogen-bond donors (Lipinski definition) is 2. The molecule has 4 heterocycles. The number of nitrogens with zero attached hydrogens (tertiary/aromatic N) is 7. The fraction of sp³-hybridized carbons (Fsp3) is 0.296. The fourth-order valence-electron chi connectivity index (χ4n) is 4.93. The molecule has 0 amide bonds. The van der Waals surface area contributed by atoms with E-state index in [1.165, 1.54) is 4.31 Å². The summed E-state index contributed by atoms with van der Waals surface area (Å²) in [7, 11) is 3.71. The zero-order valence-corrected chi connectivity index (χ0v) is 22.7. The predicted molar refractivity (Wildman–Crippen MR) is 151 cm³/mol. The summed E-state index contributed by atoms with van der Waals surface area (Å²) in [6.45, 7) is 5.30. The number of likely N-dealkylation sites (N-methyl/N-ethyl adjacent to an activating group) is 1. The lowest BCUT2D eigenvalue weighted by Crippen LogP contribution is -2.44. The molecule has 39 heavy (non-hydrogen) atoms. The van der Waals surface area contributed by atoms with Crippen LogP contribution in [0.3, 0.4) is 0 Å². The molecular weight excluding hydrogens is 514 g/mol. The van der Waals surface area contributed by atoms with Crippen LogP contribution in [0.15, 0.2) is 60.8 Å². The van der Waals surface area contributed by atoms with Gasteiger partial charge in [0.2, 0.25) is 5.95 Å². The Morgan fingerprint density at radius 3 is 2.74 bits per heavy atom. The van der Waals surface area contributed by atoms with Crippen LogP contribution in [0.25, 0.3) is 27.8 Å². The molecule has 1 saturated heterocycles. The molecule has 0 aliphatic carbocycles. The van der Waals surface area contributed by atoms with Gasteiger partial charge in [-0.25, -0.2) is 18.8 Å². The van der Waals surface area contributed by atoms with Crippen LogP contribution in [0.2, 0.25) is 0 Å². The number of rotatable bonds is 8. The number of aromatic amines is 1. The van der Waals surface area contributed by atoms with Crippen molar-refractivity contribution in [2.45, 2.75) is 13.1 Å². The van der Waals surface area contributed by atoms with Crippen LogP contribution >= 0.6 is 0 Å². The number of aromatic nitrogens is 5. The van der Waals surface area contributed by atoms with E-state index in [0.717, 1.165) is 77.6 Å². The quantitative estimate of drug-likeness (QED) is 0.286. The van der Waals surface area contributed by atoms with Gasteiger partial charge in [0, 0.05) is 55.2 Å². The molecule has 0 spiro atoms. The van der Waals surface area contributed by atoms with Crippen LogP contribution in [0.4, 0.5) is 11.6 Å². The van der Waals surface area contributed by atoms with Gasteiger partial charge >= 0.3 is 0 Å². The van der Waals surface area contributed by atoms with Crippen LogP contribution in [0.5, 0.6) is 0 Å². The highest BCUT2D eigenvalue weighted by atomic mass is 32.2. The van der Waals surface area contributed by atoms with Gasteiger partial charge in [0.15, 0.2) is 0 Å². The van der Waals surface area contributed by atoms with E-state index in [9.17, 15) is 8.76 Å². The third-order valence-electron chi connectivity index (χ3n) is 7.10. The van der Waals surface area contributed by atoms with Gasteiger partial charge in [-0.3, -0.25) is 9.11 Å².